The number of nitrogens with one attached hydrogen (secondary N) is 1. The second-order valence-electron chi connectivity index (χ2n) is 6.24. The van der Waals surface area contributed by atoms with E-state index in [0.29, 0.717) is 6.04 Å². The highest BCUT2D eigenvalue weighted by atomic mass is 32.2. The molecule has 0 spiro atoms. The van der Waals surface area contributed by atoms with Gasteiger partial charge in [-0.15, -0.1) is 0 Å². The molecular weight excluding hydrogens is 294 g/mol. The summed E-state index contributed by atoms with van der Waals surface area (Å²) in [6, 6.07) is 9.12. The van der Waals surface area contributed by atoms with Crippen LogP contribution in [-0.4, -0.2) is 36.5 Å². The fourth-order valence-corrected chi connectivity index (χ4v) is 4.42. The van der Waals surface area contributed by atoms with E-state index < -0.39 is 0 Å². The van der Waals surface area contributed by atoms with Gasteiger partial charge in [0.05, 0.1) is 11.4 Å². The first-order chi connectivity index (χ1) is 10.7. The Balaban J connectivity index is 1.67. The van der Waals surface area contributed by atoms with Gasteiger partial charge in [-0.3, -0.25) is 4.79 Å². The Bertz CT molecular complexity index is 508. The molecule has 2 saturated heterocycles. The highest BCUT2D eigenvalue weighted by Gasteiger charge is 2.24. The summed E-state index contributed by atoms with van der Waals surface area (Å²) >= 11 is 2.04. The zero-order valence-corrected chi connectivity index (χ0v) is 13.8. The van der Waals surface area contributed by atoms with Gasteiger partial charge in [-0.05, 0) is 43.6 Å². The number of thioether (sulfide) groups is 1. The van der Waals surface area contributed by atoms with Crippen LogP contribution in [0, 0.1) is 5.92 Å². The number of nitrogens with zero attached hydrogens (tertiary/aromatic N) is 1. The number of benzene rings is 1. The summed E-state index contributed by atoms with van der Waals surface area (Å²) < 4.78 is 0. The molecule has 1 unspecified atom stereocenters. The minimum Gasteiger partial charge on any atom is -0.380 e. The number of amides is 1. The number of hydrogen-bond donors (Lipinski definition) is 2. The number of primary amides is 1. The molecule has 1 aromatic rings. The van der Waals surface area contributed by atoms with E-state index in [-0.39, 0.29) is 11.8 Å². The maximum Gasteiger partial charge on any atom is 0.220 e. The Kier molecular flexibility index (Phi) is 5.13. The van der Waals surface area contributed by atoms with Gasteiger partial charge in [0.2, 0.25) is 5.91 Å². The highest BCUT2D eigenvalue weighted by molar-refractivity contribution is 7.99. The zero-order chi connectivity index (χ0) is 15.4. The van der Waals surface area contributed by atoms with Crippen LogP contribution in [0.1, 0.15) is 25.7 Å². The molecule has 1 aromatic carbocycles. The third kappa shape index (κ3) is 3.69. The van der Waals surface area contributed by atoms with Gasteiger partial charge < -0.3 is 16.0 Å². The summed E-state index contributed by atoms with van der Waals surface area (Å²) in [6.45, 7) is 1.82. The first kappa shape index (κ1) is 15.5. The van der Waals surface area contributed by atoms with Crippen molar-refractivity contribution in [3.05, 3.63) is 24.3 Å². The summed E-state index contributed by atoms with van der Waals surface area (Å²) in [5.74, 6) is 2.38. The van der Waals surface area contributed by atoms with Crippen LogP contribution in [0.5, 0.6) is 0 Å². The van der Waals surface area contributed by atoms with E-state index in [0.717, 1.165) is 25.9 Å². The molecule has 3 rings (SSSR count). The van der Waals surface area contributed by atoms with E-state index in [1.807, 2.05) is 11.8 Å². The normalized spacial score (nSPS) is 23.3. The predicted molar refractivity (Wildman–Crippen MR) is 94.5 cm³/mol. The number of piperidine rings is 1. The van der Waals surface area contributed by atoms with Crippen molar-refractivity contribution in [3.8, 4) is 0 Å². The molecule has 0 bridgehead atoms. The van der Waals surface area contributed by atoms with Crippen molar-refractivity contribution in [2.24, 2.45) is 11.7 Å². The lowest BCUT2D eigenvalue weighted by molar-refractivity contribution is -0.122. The van der Waals surface area contributed by atoms with Crippen LogP contribution in [0.25, 0.3) is 0 Å². The first-order valence-electron chi connectivity index (χ1n) is 8.21. The number of anilines is 2. The third-order valence-corrected chi connectivity index (χ3v) is 5.88. The predicted octanol–water partition coefficient (Wildman–Crippen LogP) is 2.70. The lowest BCUT2D eigenvalue weighted by atomic mass is 9.96. The largest absolute Gasteiger partial charge is 0.380 e. The number of hydrogen-bond acceptors (Lipinski definition) is 4. The van der Waals surface area contributed by atoms with Gasteiger partial charge in [0, 0.05) is 30.8 Å². The molecule has 2 aliphatic heterocycles. The standard InChI is InChI=1S/C17H25N3OS/c18-17(21)13-7-9-20(10-8-13)16-6-2-1-5-15(16)19-14-4-3-11-22-12-14/h1-2,5-6,13-14,19H,3-4,7-12H2,(H2,18,21). The summed E-state index contributed by atoms with van der Waals surface area (Å²) in [5.41, 5.74) is 7.93. The van der Waals surface area contributed by atoms with E-state index in [9.17, 15) is 4.79 Å². The Labute approximate surface area is 136 Å². The summed E-state index contributed by atoms with van der Waals surface area (Å²) in [6.07, 6.45) is 4.28. The fraction of sp³-hybridized carbons (Fsp3) is 0.588. The van der Waals surface area contributed by atoms with Gasteiger partial charge in [0.15, 0.2) is 0 Å². The van der Waals surface area contributed by atoms with E-state index in [4.69, 9.17) is 5.73 Å². The number of rotatable bonds is 4. The van der Waals surface area contributed by atoms with Crippen molar-refractivity contribution in [1.82, 2.24) is 0 Å². The number of carbonyl (C=O) groups excluding carboxylic acids is 1. The SMILES string of the molecule is NC(=O)C1CCN(c2ccccc2NC2CCCSC2)CC1. The van der Waals surface area contributed by atoms with Crippen LogP contribution in [0.2, 0.25) is 0 Å². The van der Waals surface area contributed by atoms with E-state index in [1.54, 1.807) is 0 Å². The molecule has 22 heavy (non-hydrogen) atoms. The van der Waals surface area contributed by atoms with Crippen molar-refractivity contribution in [2.45, 2.75) is 31.7 Å². The van der Waals surface area contributed by atoms with E-state index >= 15 is 0 Å². The molecular formula is C17H25N3OS. The maximum absolute atomic E-state index is 11.3. The molecule has 4 nitrogen and oxygen atoms in total. The van der Waals surface area contributed by atoms with E-state index in [2.05, 4.69) is 34.5 Å². The Morgan fingerprint density at radius 2 is 2.00 bits per heavy atom. The van der Waals surface area contributed by atoms with Crippen molar-refractivity contribution < 1.29 is 4.79 Å². The summed E-state index contributed by atoms with van der Waals surface area (Å²) in [4.78, 5) is 13.7. The molecule has 5 heteroatoms. The average Bonchev–Trinajstić information content (AvgIpc) is 2.56. The Morgan fingerprint density at radius 1 is 1.23 bits per heavy atom. The quantitative estimate of drug-likeness (QED) is 0.896. The number of para-hydroxylation sites is 2. The Hall–Kier alpha value is -1.36. The van der Waals surface area contributed by atoms with E-state index in [1.165, 1.54) is 35.7 Å². The average molecular weight is 319 g/mol. The second-order valence-corrected chi connectivity index (χ2v) is 7.39. The molecule has 2 fully saturated rings. The monoisotopic (exact) mass is 319 g/mol. The van der Waals surface area contributed by atoms with Crippen LogP contribution in [0.15, 0.2) is 24.3 Å². The smallest absolute Gasteiger partial charge is 0.220 e. The van der Waals surface area contributed by atoms with Gasteiger partial charge in [0.25, 0.3) is 0 Å². The fourth-order valence-electron chi connectivity index (χ4n) is 3.35. The molecule has 2 aliphatic rings. The lowest BCUT2D eigenvalue weighted by Gasteiger charge is -2.34. The highest BCUT2D eigenvalue weighted by Crippen LogP contribution is 2.31. The Morgan fingerprint density at radius 3 is 2.68 bits per heavy atom. The second kappa shape index (κ2) is 7.27. The molecule has 0 aromatic heterocycles. The van der Waals surface area contributed by atoms with Crippen LogP contribution in [-0.2, 0) is 4.79 Å². The maximum atomic E-state index is 11.3. The van der Waals surface area contributed by atoms with Gasteiger partial charge in [0.1, 0.15) is 0 Å². The zero-order valence-electron chi connectivity index (χ0n) is 13.0. The van der Waals surface area contributed by atoms with Crippen molar-refractivity contribution >= 4 is 29.0 Å². The number of nitrogens with two attached hydrogens (primary N) is 1. The van der Waals surface area contributed by atoms with Crippen molar-refractivity contribution in [2.75, 3.05) is 34.8 Å². The third-order valence-electron chi connectivity index (χ3n) is 4.66. The molecule has 0 saturated carbocycles. The number of carbonyl (C=O) groups is 1. The van der Waals surface area contributed by atoms with Gasteiger partial charge in [-0.25, -0.2) is 0 Å². The summed E-state index contributed by atoms with van der Waals surface area (Å²) in [7, 11) is 0. The minimum atomic E-state index is -0.148. The first-order valence-corrected chi connectivity index (χ1v) is 9.37. The van der Waals surface area contributed by atoms with Crippen LogP contribution < -0.4 is 16.0 Å². The molecule has 3 N–H and O–H groups in total. The molecule has 1 atom stereocenters. The summed E-state index contributed by atoms with van der Waals surface area (Å²) in [5, 5.41) is 3.73. The molecule has 0 radical (unpaired) electrons. The molecule has 0 aliphatic carbocycles. The van der Waals surface area contributed by atoms with Crippen LogP contribution in [0.4, 0.5) is 11.4 Å². The lowest BCUT2D eigenvalue weighted by Crippen LogP contribution is -2.39. The van der Waals surface area contributed by atoms with Crippen molar-refractivity contribution in [1.29, 1.82) is 0 Å². The molecule has 1 amide bonds. The van der Waals surface area contributed by atoms with Gasteiger partial charge in [-0.2, -0.15) is 11.8 Å². The molecule has 2 heterocycles. The topological polar surface area (TPSA) is 58.4 Å². The minimum absolute atomic E-state index is 0.0473. The molecule has 120 valence electrons. The van der Waals surface area contributed by atoms with Gasteiger partial charge in [-0.1, -0.05) is 12.1 Å². The van der Waals surface area contributed by atoms with Crippen LogP contribution in [0.3, 0.4) is 0 Å². The van der Waals surface area contributed by atoms with Crippen LogP contribution >= 0.6 is 11.8 Å². The van der Waals surface area contributed by atoms with Gasteiger partial charge >= 0.3 is 0 Å². The van der Waals surface area contributed by atoms with Crippen molar-refractivity contribution in [3.63, 3.8) is 0 Å².